The van der Waals surface area contributed by atoms with Crippen LogP contribution in [-0.2, 0) is 6.42 Å². The number of nitrogens with one attached hydrogen (secondary N) is 1. The molecule has 3 N–H and O–H groups in total. The lowest BCUT2D eigenvalue weighted by Crippen LogP contribution is -2.14. The van der Waals surface area contributed by atoms with Crippen molar-refractivity contribution < 1.29 is 4.42 Å². The minimum atomic E-state index is 0.403. The molecule has 1 unspecified atom stereocenters. The Morgan fingerprint density at radius 1 is 1.60 bits per heavy atom. The van der Waals surface area contributed by atoms with E-state index in [4.69, 9.17) is 10.2 Å². The van der Waals surface area contributed by atoms with Crippen LogP contribution in [0.4, 0.5) is 0 Å². The fourth-order valence-corrected chi connectivity index (χ4v) is 2.07. The lowest BCUT2D eigenvalue weighted by molar-refractivity contribution is 0.463. The van der Waals surface area contributed by atoms with E-state index in [1.165, 1.54) is 12.8 Å². The van der Waals surface area contributed by atoms with Gasteiger partial charge < -0.3 is 15.5 Å². The molecule has 1 aromatic heterocycles. The van der Waals surface area contributed by atoms with Crippen LogP contribution in [0.1, 0.15) is 42.6 Å². The summed E-state index contributed by atoms with van der Waals surface area (Å²) in [6.45, 7) is 3.78. The molecule has 84 valence electrons. The van der Waals surface area contributed by atoms with Gasteiger partial charge in [-0.15, -0.1) is 0 Å². The number of rotatable bonds is 4. The fourth-order valence-electron chi connectivity index (χ4n) is 2.07. The molecular weight excluding hydrogens is 190 g/mol. The van der Waals surface area contributed by atoms with E-state index in [1.807, 2.05) is 6.92 Å². The highest BCUT2D eigenvalue weighted by Gasteiger charge is 2.22. The molecule has 4 nitrogen and oxygen atoms in total. The third kappa shape index (κ3) is 2.38. The molecule has 2 heterocycles. The maximum atomic E-state index is 5.62. The van der Waals surface area contributed by atoms with Crippen LogP contribution in [0, 0.1) is 6.92 Å². The predicted octanol–water partition coefficient (Wildman–Crippen LogP) is 1.30. The second-order valence-corrected chi connectivity index (χ2v) is 4.09. The van der Waals surface area contributed by atoms with Crippen molar-refractivity contribution >= 4 is 0 Å². The van der Waals surface area contributed by atoms with Gasteiger partial charge in [-0.2, -0.15) is 0 Å². The van der Waals surface area contributed by atoms with E-state index in [9.17, 15) is 0 Å². The van der Waals surface area contributed by atoms with Crippen LogP contribution in [0.15, 0.2) is 4.42 Å². The van der Waals surface area contributed by atoms with Gasteiger partial charge in [-0.3, -0.25) is 0 Å². The molecule has 1 aliphatic heterocycles. The number of hydrogen-bond acceptors (Lipinski definition) is 4. The van der Waals surface area contributed by atoms with Crippen LogP contribution in [0.25, 0.3) is 0 Å². The summed E-state index contributed by atoms with van der Waals surface area (Å²) in [6, 6.07) is 0.403. The van der Waals surface area contributed by atoms with E-state index in [0.29, 0.717) is 12.6 Å². The van der Waals surface area contributed by atoms with Gasteiger partial charge >= 0.3 is 0 Å². The molecule has 1 atom stereocenters. The maximum Gasteiger partial charge on any atom is 0.194 e. The molecule has 1 aromatic rings. The Kier molecular flexibility index (Phi) is 3.38. The van der Waals surface area contributed by atoms with Crippen LogP contribution >= 0.6 is 0 Å². The zero-order valence-electron chi connectivity index (χ0n) is 9.25. The van der Waals surface area contributed by atoms with Crippen LogP contribution in [0.5, 0.6) is 0 Å². The lowest BCUT2D eigenvalue weighted by Gasteiger charge is -2.05. The Morgan fingerprint density at radius 3 is 3.13 bits per heavy atom. The maximum absolute atomic E-state index is 5.62. The van der Waals surface area contributed by atoms with Gasteiger partial charge in [0.1, 0.15) is 5.76 Å². The van der Waals surface area contributed by atoms with E-state index in [-0.39, 0.29) is 0 Å². The average Bonchev–Trinajstić information content (AvgIpc) is 2.83. The Labute approximate surface area is 90.2 Å². The number of aromatic nitrogens is 1. The van der Waals surface area contributed by atoms with Gasteiger partial charge in [0.25, 0.3) is 0 Å². The van der Waals surface area contributed by atoms with Gasteiger partial charge in [-0.25, -0.2) is 4.98 Å². The molecule has 0 spiro atoms. The number of nitrogens with zero attached hydrogens (tertiary/aromatic N) is 1. The fraction of sp³-hybridized carbons (Fsp3) is 0.727. The molecule has 0 radical (unpaired) electrons. The molecule has 0 bridgehead atoms. The zero-order chi connectivity index (χ0) is 10.7. The summed E-state index contributed by atoms with van der Waals surface area (Å²) >= 11 is 0. The highest BCUT2D eigenvalue weighted by atomic mass is 16.4. The van der Waals surface area contributed by atoms with Gasteiger partial charge in [0.15, 0.2) is 5.89 Å². The van der Waals surface area contributed by atoms with Crippen molar-refractivity contribution in [3.05, 3.63) is 17.3 Å². The average molecular weight is 209 g/mol. The Hall–Kier alpha value is -0.870. The monoisotopic (exact) mass is 209 g/mol. The topological polar surface area (TPSA) is 64.1 Å². The van der Waals surface area contributed by atoms with Crippen molar-refractivity contribution in [3.63, 3.8) is 0 Å². The molecule has 2 rings (SSSR count). The predicted molar refractivity (Wildman–Crippen MR) is 58.6 cm³/mol. The summed E-state index contributed by atoms with van der Waals surface area (Å²) in [6.07, 6.45) is 4.19. The van der Waals surface area contributed by atoms with Crippen molar-refractivity contribution in [1.82, 2.24) is 10.3 Å². The van der Waals surface area contributed by atoms with Gasteiger partial charge in [0.05, 0.1) is 11.7 Å². The quantitative estimate of drug-likeness (QED) is 0.784. The molecule has 1 fully saturated rings. The Balaban J connectivity index is 2.06. The number of nitrogens with two attached hydrogens (primary N) is 1. The molecule has 0 aromatic carbocycles. The summed E-state index contributed by atoms with van der Waals surface area (Å²) in [5.41, 5.74) is 6.56. The lowest BCUT2D eigenvalue weighted by atomic mass is 10.1. The van der Waals surface area contributed by atoms with Crippen LogP contribution in [0.3, 0.4) is 0 Å². The summed E-state index contributed by atoms with van der Waals surface area (Å²) < 4.78 is 5.62. The van der Waals surface area contributed by atoms with E-state index in [1.54, 1.807) is 0 Å². The summed E-state index contributed by atoms with van der Waals surface area (Å²) in [4.78, 5) is 4.54. The second-order valence-electron chi connectivity index (χ2n) is 4.09. The van der Waals surface area contributed by atoms with Crippen LogP contribution < -0.4 is 11.1 Å². The van der Waals surface area contributed by atoms with Crippen molar-refractivity contribution in [3.8, 4) is 0 Å². The van der Waals surface area contributed by atoms with E-state index in [2.05, 4.69) is 10.3 Å². The third-order valence-electron chi connectivity index (χ3n) is 2.86. The largest absolute Gasteiger partial charge is 0.446 e. The first-order chi connectivity index (χ1) is 7.31. The van der Waals surface area contributed by atoms with E-state index in [0.717, 1.165) is 36.7 Å². The summed E-state index contributed by atoms with van der Waals surface area (Å²) in [5, 5.41) is 3.44. The SMILES string of the molecule is Cc1oc(CCCN)nc1C1CCCN1. The summed E-state index contributed by atoms with van der Waals surface area (Å²) in [5.74, 6) is 1.79. The minimum absolute atomic E-state index is 0.403. The van der Waals surface area contributed by atoms with Crippen LogP contribution in [-0.4, -0.2) is 18.1 Å². The van der Waals surface area contributed by atoms with Crippen molar-refractivity contribution in [2.75, 3.05) is 13.1 Å². The minimum Gasteiger partial charge on any atom is -0.446 e. The van der Waals surface area contributed by atoms with Gasteiger partial charge in [-0.1, -0.05) is 0 Å². The molecule has 0 saturated carbocycles. The molecular formula is C11H19N3O. The number of hydrogen-bond donors (Lipinski definition) is 2. The second kappa shape index (κ2) is 4.77. The van der Waals surface area contributed by atoms with E-state index >= 15 is 0 Å². The normalized spacial score (nSPS) is 21.1. The van der Waals surface area contributed by atoms with Gasteiger partial charge in [0.2, 0.25) is 0 Å². The molecule has 4 heteroatoms. The standard InChI is InChI=1S/C11H19N3O/c1-8-11(9-4-3-7-13-9)14-10(15-8)5-2-6-12/h9,13H,2-7,12H2,1H3. The van der Waals surface area contributed by atoms with E-state index < -0.39 is 0 Å². The third-order valence-corrected chi connectivity index (χ3v) is 2.86. The summed E-state index contributed by atoms with van der Waals surface area (Å²) in [7, 11) is 0. The van der Waals surface area contributed by atoms with Crippen molar-refractivity contribution in [2.45, 2.75) is 38.6 Å². The first-order valence-corrected chi connectivity index (χ1v) is 5.71. The Morgan fingerprint density at radius 2 is 2.47 bits per heavy atom. The number of oxazole rings is 1. The first kappa shape index (κ1) is 10.6. The molecule has 1 aliphatic rings. The highest BCUT2D eigenvalue weighted by Crippen LogP contribution is 2.25. The molecule has 1 saturated heterocycles. The van der Waals surface area contributed by atoms with Crippen molar-refractivity contribution in [2.24, 2.45) is 5.73 Å². The zero-order valence-corrected chi connectivity index (χ0v) is 9.25. The first-order valence-electron chi connectivity index (χ1n) is 5.71. The number of aryl methyl sites for hydroxylation is 2. The van der Waals surface area contributed by atoms with Crippen molar-refractivity contribution in [1.29, 1.82) is 0 Å². The molecule has 0 amide bonds. The van der Waals surface area contributed by atoms with Gasteiger partial charge in [0, 0.05) is 6.42 Å². The smallest absolute Gasteiger partial charge is 0.194 e. The van der Waals surface area contributed by atoms with Gasteiger partial charge in [-0.05, 0) is 39.3 Å². The molecule has 0 aliphatic carbocycles. The highest BCUT2D eigenvalue weighted by molar-refractivity contribution is 5.14. The molecule has 15 heavy (non-hydrogen) atoms. The Bertz CT molecular complexity index is 316. The van der Waals surface area contributed by atoms with Crippen LogP contribution in [0.2, 0.25) is 0 Å².